The molecule has 1 aromatic carbocycles. The van der Waals surface area contributed by atoms with Crippen LogP contribution in [0.1, 0.15) is 24.0 Å². The van der Waals surface area contributed by atoms with Crippen molar-refractivity contribution in [1.29, 1.82) is 0 Å². The van der Waals surface area contributed by atoms with Crippen molar-refractivity contribution in [3.05, 3.63) is 35.4 Å². The van der Waals surface area contributed by atoms with Crippen LogP contribution in [0.5, 0.6) is 0 Å². The molecule has 0 aliphatic rings. The second kappa shape index (κ2) is 10.1. The lowest BCUT2D eigenvalue weighted by atomic mass is 9.70. The molecule has 0 fully saturated rings. The van der Waals surface area contributed by atoms with E-state index in [4.69, 9.17) is 17.3 Å². The van der Waals surface area contributed by atoms with E-state index < -0.39 is 45.8 Å². The molecule has 0 saturated heterocycles. The van der Waals surface area contributed by atoms with Gasteiger partial charge in [0.15, 0.2) is 5.78 Å². The Morgan fingerprint density at radius 2 is 1.87 bits per heavy atom. The molecule has 0 heterocycles. The number of sulfonamides is 1. The first-order valence-corrected chi connectivity index (χ1v) is 10.4. The van der Waals surface area contributed by atoms with E-state index in [2.05, 4.69) is 21.7 Å². The Morgan fingerprint density at radius 3 is 2.33 bits per heavy atom. The maximum absolute atomic E-state index is 12.7. The second-order valence-corrected chi connectivity index (χ2v) is 8.18. The average molecular weight is 437 g/mol. The minimum Gasteiger partial charge on any atom is -0.479 e. The van der Waals surface area contributed by atoms with E-state index in [1.165, 1.54) is 30.5 Å². The molecule has 2 atom stereocenters. The molecular weight excluding hydrogens is 414 g/mol. The molecule has 11 nitrogen and oxygen atoms in total. The summed E-state index contributed by atoms with van der Waals surface area (Å²) in [6, 6.07) is 5.80. The summed E-state index contributed by atoms with van der Waals surface area (Å²) in [5, 5.41) is 13.2. The molecule has 0 aromatic heterocycles. The van der Waals surface area contributed by atoms with Gasteiger partial charge in [0.25, 0.3) is 0 Å². The van der Waals surface area contributed by atoms with Crippen molar-refractivity contribution in [1.82, 2.24) is 4.72 Å². The number of hydrogen-bond acceptors (Lipinski definition) is 9. The molecule has 30 heavy (non-hydrogen) atoms. The number of nitrogens with two attached hydrogens (primary N) is 3. The summed E-state index contributed by atoms with van der Waals surface area (Å²) in [7, 11) is -3.57. The third kappa shape index (κ3) is 5.71. The van der Waals surface area contributed by atoms with Crippen LogP contribution in [-0.2, 0) is 29.9 Å². The van der Waals surface area contributed by atoms with Crippen LogP contribution in [0.25, 0.3) is 0 Å². The van der Waals surface area contributed by atoms with Crippen LogP contribution in [0, 0.1) is 11.8 Å². The van der Waals surface area contributed by atoms with Crippen LogP contribution in [0.3, 0.4) is 0 Å². The van der Waals surface area contributed by atoms with Gasteiger partial charge in [-0.1, -0.05) is 36.1 Å². The molecule has 2 unspecified atom stereocenters. The molecule has 0 saturated carbocycles. The zero-order chi connectivity index (χ0) is 23.0. The van der Waals surface area contributed by atoms with E-state index in [0.29, 0.717) is 11.8 Å². The molecular formula is C18H23N5O6S. The van der Waals surface area contributed by atoms with E-state index in [1.807, 2.05) is 0 Å². The lowest BCUT2D eigenvalue weighted by Gasteiger charge is -2.38. The van der Waals surface area contributed by atoms with Crippen molar-refractivity contribution in [2.75, 3.05) is 12.8 Å². The van der Waals surface area contributed by atoms with Gasteiger partial charge in [0.2, 0.25) is 15.6 Å². The Labute approximate surface area is 173 Å². The minimum absolute atomic E-state index is 0.0767. The van der Waals surface area contributed by atoms with Crippen LogP contribution in [0.15, 0.2) is 29.4 Å². The van der Waals surface area contributed by atoms with E-state index in [9.17, 15) is 27.9 Å². The van der Waals surface area contributed by atoms with Crippen molar-refractivity contribution in [2.24, 2.45) is 22.4 Å². The Bertz CT molecular complexity index is 996. The van der Waals surface area contributed by atoms with Crippen LogP contribution in [0.4, 0.5) is 0 Å². The summed E-state index contributed by atoms with van der Waals surface area (Å²) < 4.78 is 24.5. The van der Waals surface area contributed by atoms with E-state index >= 15 is 0 Å². The number of benzene rings is 1. The number of rotatable bonds is 10. The molecule has 1 aromatic rings. The zero-order valence-corrected chi connectivity index (χ0v) is 17.0. The number of hydrogen-bond donors (Lipinski definition) is 5. The number of Topliss-reactive ketones (excluding diaryl/α,β-unsaturated/α-hetero) is 1. The summed E-state index contributed by atoms with van der Waals surface area (Å²) in [6.45, 7) is -0.395. The van der Waals surface area contributed by atoms with Gasteiger partial charge in [0.1, 0.15) is 11.8 Å². The van der Waals surface area contributed by atoms with Crippen molar-refractivity contribution in [3.8, 4) is 11.8 Å². The molecule has 0 radical (unpaired) electrons. The topological polar surface area (TPSA) is 208 Å². The molecule has 0 bridgehead atoms. The summed E-state index contributed by atoms with van der Waals surface area (Å²) >= 11 is 0. The number of nitrogens with zero attached hydrogens (tertiary/aromatic N) is 1. The molecule has 1 rings (SSSR count). The predicted octanol–water partition coefficient (Wildman–Crippen LogP) is -1.98. The number of carbonyl (C=O) groups is 3. The third-order valence-electron chi connectivity index (χ3n) is 4.19. The van der Waals surface area contributed by atoms with Crippen molar-refractivity contribution < 1.29 is 27.9 Å². The number of carboxylic acid groups (broad SMARTS) is 1. The normalized spacial score (nSPS) is 15.4. The van der Waals surface area contributed by atoms with Crippen LogP contribution in [0.2, 0.25) is 0 Å². The van der Waals surface area contributed by atoms with Gasteiger partial charge in [-0.15, -0.1) is 0 Å². The number of nitrogens with one attached hydrogen (secondary N) is 1. The first kappa shape index (κ1) is 24.9. The van der Waals surface area contributed by atoms with Crippen molar-refractivity contribution in [2.45, 2.75) is 23.9 Å². The molecule has 162 valence electrons. The molecule has 0 spiro atoms. The standard InChI is InChI=1S/C18H23N5O6S/c1-30(28,29)23-10-3-9-17(19,14-7-5-13(6-8-14)12-22-21)18(20,16(26)27)15(25)4-2-11-24/h5-8,11-12,23H,2,4,10,19-21H2,1H3,(H,26,27). The summed E-state index contributed by atoms with van der Waals surface area (Å²) in [5.74, 6) is 7.19. The van der Waals surface area contributed by atoms with Crippen molar-refractivity contribution >= 4 is 34.3 Å². The molecule has 0 aliphatic heterocycles. The van der Waals surface area contributed by atoms with Crippen LogP contribution in [-0.4, -0.2) is 56.1 Å². The van der Waals surface area contributed by atoms with E-state index in [1.54, 1.807) is 0 Å². The van der Waals surface area contributed by atoms with Crippen LogP contribution < -0.4 is 22.0 Å². The van der Waals surface area contributed by atoms with Gasteiger partial charge in [0, 0.05) is 12.8 Å². The quantitative estimate of drug-likeness (QED) is 0.0684. The second-order valence-electron chi connectivity index (χ2n) is 6.34. The molecule has 8 N–H and O–H groups in total. The molecule has 0 amide bonds. The van der Waals surface area contributed by atoms with Gasteiger partial charge in [-0.3, -0.25) is 4.79 Å². The minimum atomic E-state index is -3.57. The first-order valence-electron chi connectivity index (χ1n) is 8.49. The van der Waals surface area contributed by atoms with E-state index in [-0.39, 0.29) is 12.0 Å². The molecule has 0 aliphatic carbocycles. The predicted molar refractivity (Wildman–Crippen MR) is 110 cm³/mol. The fourth-order valence-corrected chi connectivity index (χ4v) is 2.90. The van der Waals surface area contributed by atoms with Gasteiger partial charge in [0.05, 0.1) is 19.0 Å². The largest absolute Gasteiger partial charge is 0.479 e. The SMILES string of the molecule is CS(=O)(=O)NCC#CC(N)(c1ccc(C=NN)cc1)C(N)(C(=O)O)C(=O)CCC=O. The van der Waals surface area contributed by atoms with Gasteiger partial charge >= 0.3 is 5.97 Å². The highest BCUT2D eigenvalue weighted by Crippen LogP contribution is 2.31. The lowest BCUT2D eigenvalue weighted by Crippen LogP contribution is -2.71. The Kier molecular flexibility index (Phi) is 8.38. The Hall–Kier alpha value is -3.11. The highest BCUT2D eigenvalue weighted by molar-refractivity contribution is 7.88. The molecule has 12 heteroatoms. The lowest BCUT2D eigenvalue weighted by molar-refractivity contribution is -0.151. The fourth-order valence-electron chi connectivity index (χ4n) is 2.56. The maximum atomic E-state index is 12.7. The number of aliphatic carboxylic acids is 1. The zero-order valence-electron chi connectivity index (χ0n) is 16.2. The Balaban J connectivity index is 3.60. The smallest absolute Gasteiger partial charge is 0.334 e. The number of carboxylic acids is 1. The summed E-state index contributed by atoms with van der Waals surface area (Å²) in [5.41, 5.74) is 8.00. The maximum Gasteiger partial charge on any atom is 0.334 e. The first-order chi connectivity index (χ1) is 13.9. The van der Waals surface area contributed by atoms with Gasteiger partial charge in [-0.25, -0.2) is 17.9 Å². The highest BCUT2D eigenvalue weighted by atomic mass is 32.2. The number of carbonyl (C=O) groups excluding carboxylic acids is 2. The van der Waals surface area contributed by atoms with Gasteiger partial charge in [-0.2, -0.15) is 5.10 Å². The number of aldehydes is 1. The van der Waals surface area contributed by atoms with Crippen LogP contribution >= 0.6 is 0 Å². The van der Waals surface area contributed by atoms with E-state index in [0.717, 1.165) is 6.26 Å². The number of hydrazone groups is 1. The third-order valence-corrected chi connectivity index (χ3v) is 4.86. The highest BCUT2D eigenvalue weighted by Gasteiger charge is 2.57. The number of ketones is 1. The summed E-state index contributed by atoms with van der Waals surface area (Å²) in [6.07, 6.45) is 1.96. The van der Waals surface area contributed by atoms with Gasteiger partial charge in [-0.05, 0) is 11.1 Å². The summed E-state index contributed by atoms with van der Waals surface area (Å²) in [4.78, 5) is 35.4. The monoisotopic (exact) mass is 437 g/mol. The fraction of sp³-hybridized carbons (Fsp3) is 0.333. The Morgan fingerprint density at radius 1 is 1.27 bits per heavy atom. The van der Waals surface area contributed by atoms with Gasteiger partial charge < -0.3 is 27.2 Å². The van der Waals surface area contributed by atoms with Crippen molar-refractivity contribution in [3.63, 3.8) is 0 Å². The average Bonchev–Trinajstić information content (AvgIpc) is 2.68.